The van der Waals surface area contributed by atoms with E-state index in [9.17, 15) is 0 Å². The number of fused-ring (bicyclic) bond motifs is 9. The summed E-state index contributed by atoms with van der Waals surface area (Å²) in [6.07, 6.45) is 14.3. The summed E-state index contributed by atoms with van der Waals surface area (Å²) >= 11 is 7.65. The minimum absolute atomic E-state index is 0.547. The van der Waals surface area contributed by atoms with Gasteiger partial charge < -0.3 is 27.9 Å². The van der Waals surface area contributed by atoms with E-state index in [0.717, 1.165) is 138 Å². The zero-order valence-electron chi connectivity index (χ0n) is 51.0. The summed E-state index contributed by atoms with van der Waals surface area (Å²) in [5, 5.41) is 7.27. The van der Waals surface area contributed by atoms with Crippen LogP contribution >= 0.6 is 31.9 Å². The summed E-state index contributed by atoms with van der Waals surface area (Å²) in [6, 6.07) is 67.5. The average Bonchev–Trinajstić information content (AvgIpc) is 1.71. The highest BCUT2D eigenvalue weighted by atomic mass is 79.9. The van der Waals surface area contributed by atoms with Crippen LogP contribution in [0.15, 0.2) is 191 Å². The zero-order chi connectivity index (χ0) is 59.3. The van der Waals surface area contributed by atoms with E-state index in [-0.39, 0.29) is 0 Å². The molecule has 0 aliphatic rings. The van der Waals surface area contributed by atoms with Crippen LogP contribution in [0.5, 0.6) is 17.2 Å². The maximum Gasteiger partial charge on any atom is 0.119 e. The Kier molecular flexibility index (Phi) is 18.4. The Bertz CT molecular complexity index is 4060. The lowest BCUT2D eigenvalue weighted by molar-refractivity contribution is 0.233. The Labute approximate surface area is 525 Å². The van der Waals surface area contributed by atoms with Crippen LogP contribution in [-0.4, -0.2) is 33.5 Å². The Morgan fingerprint density at radius 2 is 0.547 bits per heavy atom. The van der Waals surface area contributed by atoms with Gasteiger partial charge in [0, 0.05) is 58.3 Å². The molecule has 3 aromatic heterocycles. The van der Waals surface area contributed by atoms with Crippen molar-refractivity contribution in [3.8, 4) is 56.6 Å². The number of rotatable bonds is 26. The Balaban J connectivity index is 0.950. The second-order valence-corrected chi connectivity index (χ2v) is 25.8. The van der Waals surface area contributed by atoms with Gasteiger partial charge in [0.1, 0.15) is 17.2 Å². The molecule has 440 valence electrons. The maximum absolute atomic E-state index is 6.52. The molecule has 9 aromatic carbocycles. The van der Waals surface area contributed by atoms with E-state index >= 15 is 0 Å². The van der Waals surface area contributed by atoms with E-state index in [4.69, 9.17) is 14.2 Å². The highest BCUT2D eigenvalue weighted by molar-refractivity contribution is 9.10. The van der Waals surface area contributed by atoms with Gasteiger partial charge in [-0.2, -0.15) is 0 Å². The normalized spacial score (nSPS) is 13.0. The van der Waals surface area contributed by atoms with Gasteiger partial charge in [-0.1, -0.05) is 192 Å². The van der Waals surface area contributed by atoms with Gasteiger partial charge in [0.15, 0.2) is 0 Å². The summed E-state index contributed by atoms with van der Waals surface area (Å²) in [4.78, 5) is 0. The standard InChI is InChI=1S/C78H81Br2N3O3/c1-7-13-16-52(10-4)49-84-64-31-25-61(26-32-64)81-73-43-55(57-21-39-69-71-41-23-59(79)47-77(71)82(75(69)45-57)62-27-33-65(34-28-62)85-50-53(11-5)17-14-8-2)19-37-67(73)68-38-20-56(44-74(68)81)58-22-40-70-72-42-24-60(80)48-78(72)83(76(70)46-58)63-29-35-66(36-30-63)86-51-54(12-6)18-15-9-3/h19-48,52-54H,7-18,49-51H2,1-6H3. The number of hydrogen-bond donors (Lipinski definition) is 0. The zero-order valence-corrected chi connectivity index (χ0v) is 54.2. The monoisotopic (exact) mass is 1270 g/mol. The van der Waals surface area contributed by atoms with Crippen LogP contribution < -0.4 is 14.2 Å². The number of ether oxygens (including phenoxy) is 3. The first-order valence-corrected chi connectivity index (χ1v) is 33.5. The van der Waals surface area contributed by atoms with Gasteiger partial charge in [-0.05, 0) is 181 Å². The lowest BCUT2D eigenvalue weighted by atomic mass is 10.00. The molecule has 0 N–H and O–H groups in total. The fourth-order valence-corrected chi connectivity index (χ4v) is 13.7. The van der Waals surface area contributed by atoms with Crippen molar-refractivity contribution in [2.24, 2.45) is 17.8 Å². The topological polar surface area (TPSA) is 42.5 Å². The van der Waals surface area contributed by atoms with Crippen molar-refractivity contribution in [1.82, 2.24) is 13.7 Å². The number of aromatic nitrogens is 3. The molecule has 0 aliphatic heterocycles. The van der Waals surface area contributed by atoms with Gasteiger partial charge in [0.05, 0.1) is 52.9 Å². The van der Waals surface area contributed by atoms with Crippen molar-refractivity contribution in [2.75, 3.05) is 19.8 Å². The molecule has 86 heavy (non-hydrogen) atoms. The van der Waals surface area contributed by atoms with Crippen LogP contribution in [0.1, 0.15) is 119 Å². The number of halogens is 2. The molecule has 0 radical (unpaired) electrons. The summed E-state index contributed by atoms with van der Waals surface area (Å²) < 4.78 is 28.7. The third-order valence-electron chi connectivity index (χ3n) is 18.3. The molecular weight excluding hydrogens is 1190 g/mol. The molecular formula is C78H81Br2N3O3. The molecule has 0 spiro atoms. The largest absolute Gasteiger partial charge is 0.493 e. The van der Waals surface area contributed by atoms with Crippen LogP contribution in [0, 0.1) is 17.8 Å². The van der Waals surface area contributed by atoms with Crippen molar-refractivity contribution < 1.29 is 14.2 Å². The number of benzene rings is 9. The Morgan fingerprint density at radius 1 is 0.302 bits per heavy atom. The predicted octanol–water partition coefficient (Wildman–Crippen LogP) is 23.6. The molecule has 0 amide bonds. The van der Waals surface area contributed by atoms with Crippen LogP contribution in [0.4, 0.5) is 0 Å². The number of nitrogens with zero attached hydrogens (tertiary/aromatic N) is 3. The van der Waals surface area contributed by atoms with E-state index in [1.165, 1.54) is 90.1 Å². The Hall–Kier alpha value is -7.26. The Morgan fingerprint density at radius 3 is 0.791 bits per heavy atom. The lowest BCUT2D eigenvalue weighted by Gasteiger charge is -2.16. The van der Waals surface area contributed by atoms with Gasteiger partial charge in [-0.3, -0.25) is 0 Å². The molecule has 8 heteroatoms. The van der Waals surface area contributed by atoms with Gasteiger partial charge in [0.2, 0.25) is 0 Å². The summed E-state index contributed by atoms with van der Waals surface area (Å²) in [6.45, 7) is 15.9. The highest BCUT2D eigenvalue weighted by Crippen LogP contribution is 2.42. The third kappa shape index (κ3) is 12.2. The number of unbranched alkanes of at least 4 members (excludes halogenated alkanes) is 3. The molecule has 0 aliphatic carbocycles. The quantitative estimate of drug-likeness (QED) is 0.0543. The van der Waals surface area contributed by atoms with Gasteiger partial charge in [-0.15, -0.1) is 0 Å². The smallest absolute Gasteiger partial charge is 0.119 e. The van der Waals surface area contributed by atoms with Crippen molar-refractivity contribution >= 4 is 97.3 Å². The highest BCUT2D eigenvalue weighted by Gasteiger charge is 2.21. The molecule has 3 unspecified atom stereocenters. The molecule has 0 saturated heterocycles. The van der Waals surface area contributed by atoms with Crippen molar-refractivity contribution in [2.45, 2.75) is 119 Å². The fraction of sp³-hybridized carbons (Fsp3) is 0.308. The molecule has 3 heterocycles. The van der Waals surface area contributed by atoms with E-state index < -0.39 is 0 Å². The van der Waals surface area contributed by atoms with Gasteiger partial charge in [-0.25, -0.2) is 0 Å². The fourth-order valence-electron chi connectivity index (χ4n) is 13.0. The number of hydrogen-bond acceptors (Lipinski definition) is 3. The SMILES string of the molecule is CCCCC(CC)COc1ccc(-n2c3cc(Br)ccc3c3ccc(-c4ccc5c6ccc(-c7ccc8c9ccc(Br)cc9n(-c9ccc(OCC(CC)CCCC)cc9)c8c7)cc6n(-c6ccc(OCC(CC)CCCC)cc6)c5c4)cc32)cc1. The second-order valence-electron chi connectivity index (χ2n) is 23.9. The van der Waals surface area contributed by atoms with E-state index in [1.54, 1.807) is 0 Å². The second kappa shape index (κ2) is 26.8. The van der Waals surface area contributed by atoms with Crippen LogP contribution in [0.2, 0.25) is 0 Å². The third-order valence-corrected chi connectivity index (χ3v) is 19.3. The van der Waals surface area contributed by atoms with Gasteiger partial charge in [0.25, 0.3) is 0 Å². The molecule has 0 saturated carbocycles. The first-order chi connectivity index (χ1) is 42.2. The van der Waals surface area contributed by atoms with Crippen LogP contribution in [0.25, 0.3) is 105 Å². The predicted molar refractivity (Wildman–Crippen MR) is 372 cm³/mol. The lowest BCUT2D eigenvalue weighted by Crippen LogP contribution is -2.11. The molecule has 0 fully saturated rings. The molecule has 12 aromatic rings. The van der Waals surface area contributed by atoms with E-state index in [1.807, 2.05) is 0 Å². The molecule has 3 atom stereocenters. The van der Waals surface area contributed by atoms with Crippen molar-refractivity contribution in [1.29, 1.82) is 0 Å². The first-order valence-electron chi connectivity index (χ1n) is 31.9. The minimum atomic E-state index is 0.547. The van der Waals surface area contributed by atoms with E-state index in [0.29, 0.717) is 17.8 Å². The average molecular weight is 1270 g/mol. The first kappa shape index (κ1) is 59.1. The maximum atomic E-state index is 6.52. The summed E-state index contributed by atoms with van der Waals surface area (Å²) in [5.74, 6) is 4.42. The van der Waals surface area contributed by atoms with E-state index in [2.05, 4.69) is 269 Å². The molecule has 12 rings (SSSR count). The summed E-state index contributed by atoms with van der Waals surface area (Å²) in [7, 11) is 0. The van der Waals surface area contributed by atoms with Crippen molar-refractivity contribution in [3.63, 3.8) is 0 Å². The molecule has 0 bridgehead atoms. The van der Waals surface area contributed by atoms with Crippen LogP contribution in [0.3, 0.4) is 0 Å². The van der Waals surface area contributed by atoms with Gasteiger partial charge >= 0.3 is 0 Å². The van der Waals surface area contributed by atoms with Crippen LogP contribution in [-0.2, 0) is 0 Å². The summed E-state index contributed by atoms with van der Waals surface area (Å²) in [5.41, 5.74) is 14.8. The molecule has 6 nitrogen and oxygen atoms in total. The van der Waals surface area contributed by atoms with Crippen molar-refractivity contribution in [3.05, 3.63) is 191 Å². The minimum Gasteiger partial charge on any atom is -0.493 e.